The van der Waals surface area contributed by atoms with Crippen molar-refractivity contribution in [2.24, 2.45) is 0 Å². The molecule has 1 amide bonds. The molecular formula is C20H19FN2O3S. The molecule has 27 heavy (non-hydrogen) atoms. The number of ether oxygens (including phenoxy) is 2. The van der Waals surface area contributed by atoms with Gasteiger partial charge in [0, 0.05) is 12.6 Å². The quantitative estimate of drug-likeness (QED) is 0.608. The second kappa shape index (κ2) is 8.18. The molecule has 2 aromatic carbocycles. The molecule has 1 saturated heterocycles. The van der Waals surface area contributed by atoms with E-state index in [0.29, 0.717) is 34.5 Å². The molecule has 0 saturated carbocycles. The first-order valence-corrected chi connectivity index (χ1v) is 8.84. The molecule has 1 heterocycles. The first-order valence-electron chi connectivity index (χ1n) is 8.43. The average Bonchev–Trinajstić information content (AvgIpc) is 2.89. The fraction of sp³-hybridized carbons (Fsp3) is 0.200. The number of likely N-dealkylation sites (N-methyl/N-ethyl adjacent to an activating group) is 1. The van der Waals surface area contributed by atoms with Crippen molar-refractivity contribution in [1.82, 2.24) is 10.2 Å². The van der Waals surface area contributed by atoms with E-state index >= 15 is 0 Å². The number of benzene rings is 2. The van der Waals surface area contributed by atoms with Crippen molar-refractivity contribution in [3.8, 4) is 11.5 Å². The number of hydrogen-bond acceptors (Lipinski definition) is 4. The molecule has 1 N–H and O–H groups in total. The van der Waals surface area contributed by atoms with E-state index in [9.17, 15) is 9.18 Å². The lowest BCUT2D eigenvalue weighted by molar-refractivity contribution is -0.121. The summed E-state index contributed by atoms with van der Waals surface area (Å²) in [5.41, 5.74) is 1.61. The summed E-state index contributed by atoms with van der Waals surface area (Å²) in [6, 6.07) is 11.8. The minimum atomic E-state index is -0.317. The third-order valence-electron chi connectivity index (χ3n) is 4.00. The highest BCUT2D eigenvalue weighted by Crippen LogP contribution is 2.30. The normalized spacial score (nSPS) is 15.2. The summed E-state index contributed by atoms with van der Waals surface area (Å²) in [7, 11) is 1.61. The molecular weight excluding hydrogens is 367 g/mol. The Hall–Kier alpha value is -2.93. The molecule has 1 aliphatic rings. The summed E-state index contributed by atoms with van der Waals surface area (Å²) in [6.07, 6.45) is 1.70. The molecule has 0 radical (unpaired) electrons. The van der Waals surface area contributed by atoms with E-state index in [0.717, 1.165) is 5.56 Å². The number of nitrogens with one attached hydrogen (secondary N) is 1. The molecule has 0 aliphatic carbocycles. The van der Waals surface area contributed by atoms with E-state index in [-0.39, 0.29) is 18.3 Å². The Labute approximate surface area is 162 Å². The van der Waals surface area contributed by atoms with Crippen molar-refractivity contribution < 1.29 is 18.7 Å². The maximum Gasteiger partial charge on any atom is 0.276 e. The molecule has 1 fully saturated rings. The first kappa shape index (κ1) is 18.8. The van der Waals surface area contributed by atoms with Gasteiger partial charge in [0.25, 0.3) is 5.91 Å². The Balaban J connectivity index is 1.81. The van der Waals surface area contributed by atoms with Gasteiger partial charge >= 0.3 is 0 Å². The molecule has 1 aliphatic heterocycles. The second-order valence-electron chi connectivity index (χ2n) is 5.87. The number of carbonyl (C=O) groups is 1. The molecule has 0 bridgehead atoms. The molecule has 5 nitrogen and oxygen atoms in total. The van der Waals surface area contributed by atoms with Gasteiger partial charge in [-0.15, -0.1) is 0 Å². The number of carbonyl (C=O) groups excluding carboxylic acids is 1. The van der Waals surface area contributed by atoms with E-state index in [1.807, 2.05) is 6.92 Å². The number of nitrogens with zero attached hydrogens (tertiary/aromatic N) is 1. The molecule has 140 valence electrons. The zero-order valence-corrected chi connectivity index (χ0v) is 15.8. The lowest BCUT2D eigenvalue weighted by atomic mass is 10.1. The van der Waals surface area contributed by atoms with Gasteiger partial charge in [-0.3, -0.25) is 9.69 Å². The van der Waals surface area contributed by atoms with Crippen LogP contribution in [0.5, 0.6) is 11.5 Å². The van der Waals surface area contributed by atoms with Gasteiger partial charge in [-0.1, -0.05) is 24.3 Å². The number of rotatable bonds is 6. The van der Waals surface area contributed by atoms with Gasteiger partial charge in [0.15, 0.2) is 16.6 Å². The first-order chi connectivity index (χ1) is 13.0. The Morgan fingerprint density at radius 1 is 1.19 bits per heavy atom. The van der Waals surface area contributed by atoms with Crippen molar-refractivity contribution in [2.45, 2.75) is 13.5 Å². The van der Waals surface area contributed by atoms with E-state index in [2.05, 4.69) is 5.32 Å². The monoisotopic (exact) mass is 386 g/mol. The van der Waals surface area contributed by atoms with Crippen LogP contribution in [-0.2, 0) is 11.4 Å². The second-order valence-corrected chi connectivity index (χ2v) is 6.26. The summed E-state index contributed by atoms with van der Waals surface area (Å²) in [6.45, 7) is 2.40. The molecule has 2 aromatic rings. The van der Waals surface area contributed by atoms with Gasteiger partial charge < -0.3 is 14.8 Å². The van der Waals surface area contributed by atoms with Gasteiger partial charge in [-0.05, 0) is 49.0 Å². The van der Waals surface area contributed by atoms with Crippen molar-refractivity contribution in [3.05, 3.63) is 65.1 Å². The standard InChI is InChI=1S/C20H19FN2O3S/c1-3-25-18-11-13(10-16-19(24)23(2)20(27)22-16)8-9-17(18)26-12-14-6-4-5-7-15(14)21/h4-11H,3,12H2,1-2H3,(H,22,27). The summed E-state index contributed by atoms with van der Waals surface area (Å²) >= 11 is 5.07. The highest BCUT2D eigenvalue weighted by atomic mass is 32.1. The van der Waals surface area contributed by atoms with Crippen LogP contribution in [0.15, 0.2) is 48.2 Å². The molecule has 0 spiro atoms. The largest absolute Gasteiger partial charge is 0.490 e. The highest BCUT2D eigenvalue weighted by molar-refractivity contribution is 7.80. The number of halogens is 1. The Kier molecular flexibility index (Phi) is 5.71. The third-order valence-corrected chi connectivity index (χ3v) is 4.38. The maximum absolute atomic E-state index is 13.8. The molecule has 7 heteroatoms. The van der Waals surface area contributed by atoms with Crippen LogP contribution in [0.2, 0.25) is 0 Å². The third kappa shape index (κ3) is 4.25. The van der Waals surface area contributed by atoms with Crippen molar-refractivity contribution in [2.75, 3.05) is 13.7 Å². The van der Waals surface area contributed by atoms with Crippen LogP contribution in [0, 0.1) is 5.82 Å². The number of thiocarbonyl (C=S) groups is 1. The summed E-state index contributed by atoms with van der Waals surface area (Å²) < 4.78 is 25.1. The fourth-order valence-electron chi connectivity index (χ4n) is 2.56. The summed E-state index contributed by atoms with van der Waals surface area (Å²) in [4.78, 5) is 13.5. The Morgan fingerprint density at radius 2 is 1.96 bits per heavy atom. The van der Waals surface area contributed by atoms with Gasteiger partial charge in [0.05, 0.1) is 6.61 Å². The van der Waals surface area contributed by atoms with Crippen molar-refractivity contribution >= 4 is 29.3 Å². The van der Waals surface area contributed by atoms with Crippen LogP contribution in [0.3, 0.4) is 0 Å². The van der Waals surface area contributed by atoms with Gasteiger partial charge in [-0.25, -0.2) is 4.39 Å². The highest BCUT2D eigenvalue weighted by Gasteiger charge is 2.27. The van der Waals surface area contributed by atoms with Crippen LogP contribution in [-0.4, -0.2) is 29.6 Å². The van der Waals surface area contributed by atoms with E-state index < -0.39 is 0 Å². The van der Waals surface area contributed by atoms with Gasteiger partial charge in [-0.2, -0.15) is 0 Å². The minimum Gasteiger partial charge on any atom is -0.490 e. The fourth-order valence-corrected chi connectivity index (χ4v) is 2.76. The van der Waals surface area contributed by atoms with E-state index in [1.54, 1.807) is 49.5 Å². The smallest absolute Gasteiger partial charge is 0.276 e. The lowest BCUT2D eigenvalue weighted by Crippen LogP contribution is -2.25. The summed E-state index contributed by atoms with van der Waals surface area (Å²) in [5.74, 6) is 0.505. The van der Waals surface area contributed by atoms with Crippen LogP contribution >= 0.6 is 12.2 Å². The average molecular weight is 386 g/mol. The SMILES string of the molecule is CCOc1cc(C=C2NC(=S)N(C)C2=O)ccc1OCc1ccccc1F. The minimum absolute atomic E-state index is 0.0896. The number of amides is 1. The van der Waals surface area contributed by atoms with Crippen LogP contribution in [0.25, 0.3) is 6.08 Å². The molecule has 0 atom stereocenters. The molecule has 3 rings (SSSR count). The van der Waals surface area contributed by atoms with Crippen LogP contribution in [0.4, 0.5) is 4.39 Å². The molecule has 0 unspecified atom stereocenters. The van der Waals surface area contributed by atoms with Crippen LogP contribution < -0.4 is 14.8 Å². The van der Waals surface area contributed by atoms with Crippen molar-refractivity contribution in [1.29, 1.82) is 0 Å². The predicted molar refractivity (Wildman–Crippen MR) is 105 cm³/mol. The van der Waals surface area contributed by atoms with E-state index in [1.165, 1.54) is 11.0 Å². The number of hydrogen-bond donors (Lipinski definition) is 1. The predicted octanol–water partition coefficient (Wildman–Crippen LogP) is 3.49. The zero-order chi connectivity index (χ0) is 19.4. The van der Waals surface area contributed by atoms with Gasteiger partial charge in [0.2, 0.25) is 0 Å². The van der Waals surface area contributed by atoms with Crippen molar-refractivity contribution in [3.63, 3.8) is 0 Å². The maximum atomic E-state index is 13.8. The lowest BCUT2D eigenvalue weighted by Gasteiger charge is -2.13. The Morgan fingerprint density at radius 3 is 2.63 bits per heavy atom. The zero-order valence-electron chi connectivity index (χ0n) is 15.0. The molecule has 0 aromatic heterocycles. The summed E-state index contributed by atoms with van der Waals surface area (Å²) in [5, 5.41) is 3.24. The van der Waals surface area contributed by atoms with Gasteiger partial charge in [0.1, 0.15) is 18.1 Å². The van der Waals surface area contributed by atoms with E-state index in [4.69, 9.17) is 21.7 Å². The van der Waals surface area contributed by atoms with Crippen LogP contribution in [0.1, 0.15) is 18.1 Å². The topological polar surface area (TPSA) is 50.8 Å². The Bertz CT molecular complexity index is 914.